The number of nitrogens with zero attached hydrogens (tertiary/aromatic N) is 1. The molecule has 0 heterocycles. The number of hydrogen-bond donors (Lipinski definition) is 0. The van der Waals surface area contributed by atoms with E-state index in [1.807, 2.05) is 0 Å². The van der Waals surface area contributed by atoms with Gasteiger partial charge >= 0.3 is 11.8 Å². The van der Waals surface area contributed by atoms with Crippen molar-refractivity contribution in [3.05, 3.63) is 32.5 Å². The Balaban J connectivity index is 3.03. The highest BCUT2D eigenvalue weighted by Gasteiger charge is 2.20. The lowest BCUT2D eigenvalue weighted by molar-refractivity contribution is -0.387. The van der Waals surface area contributed by atoms with Crippen molar-refractivity contribution in [2.24, 2.45) is 0 Å². The van der Waals surface area contributed by atoms with Gasteiger partial charge < -0.3 is 9.47 Å². The Morgan fingerprint density at radius 2 is 2.24 bits per heavy atom. The van der Waals surface area contributed by atoms with Gasteiger partial charge in [-0.15, -0.1) is 0 Å². The summed E-state index contributed by atoms with van der Waals surface area (Å²) in [5, 5.41) is 10.5. The van der Waals surface area contributed by atoms with E-state index >= 15 is 0 Å². The van der Waals surface area contributed by atoms with Crippen LogP contribution < -0.4 is 4.74 Å². The lowest BCUT2D eigenvalue weighted by Gasteiger charge is -2.06. The molecule has 0 N–H and O–H groups in total. The number of halogens is 2. The fourth-order valence-electron chi connectivity index (χ4n) is 0.974. The first-order valence-corrected chi connectivity index (χ1v) is 5.23. The molecule has 0 saturated carbocycles. The first-order chi connectivity index (χ1) is 7.95. The Morgan fingerprint density at radius 3 is 2.76 bits per heavy atom. The minimum atomic E-state index is -1.03. The molecular formula is C9H7BrFNO5. The molecule has 0 aliphatic carbocycles. The van der Waals surface area contributed by atoms with Gasteiger partial charge in [0.15, 0.2) is 5.75 Å². The topological polar surface area (TPSA) is 78.7 Å². The largest absolute Gasteiger partial charge is 0.513 e. The molecule has 0 aromatic heterocycles. The van der Waals surface area contributed by atoms with Crippen LogP contribution in [0.5, 0.6) is 5.75 Å². The SMILES string of the molecule is CCOC(=O)Oc1cc([N+](=O)[O-])c(F)cc1Br. The van der Waals surface area contributed by atoms with Crippen LogP contribution in [0.4, 0.5) is 14.9 Å². The van der Waals surface area contributed by atoms with E-state index in [0.717, 1.165) is 12.1 Å². The van der Waals surface area contributed by atoms with Crippen molar-refractivity contribution in [2.45, 2.75) is 6.92 Å². The van der Waals surface area contributed by atoms with Crippen LogP contribution in [0.15, 0.2) is 16.6 Å². The highest BCUT2D eigenvalue weighted by atomic mass is 79.9. The van der Waals surface area contributed by atoms with Crippen LogP contribution in [0.1, 0.15) is 6.92 Å². The molecule has 0 bridgehead atoms. The number of nitro groups is 1. The van der Waals surface area contributed by atoms with E-state index < -0.39 is 22.6 Å². The molecular weight excluding hydrogens is 301 g/mol. The predicted octanol–water partition coefficient (Wildman–Crippen LogP) is 3.03. The van der Waals surface area contributed by atoms with Gasteiger partial charge in [0.25, 0.3) is 0 Å². The summed E-state index contributed by atoms with van der Waals surface area (Å²) in [6, 6.07) is 1.64. The normalized spacial score (nSPS) is 9.82. The number of rotatable bonds is 3. The molecule has 1 aromatic carbocycles. The Morgan fingerprint density at radius 1 is 1.59 bits per heavy atom. The van der Waals surface area contributed by atoms with Crippen molar-refractivity contribution < 1.29 is 23.6 Å². The summed E-state index contributed by atoms with van der Waals surface area (Å²) in [4.78, 5) is 20.6. The quantitative estimate of drug-likeness (QED) is 0.371. The molecule has 0 aliphatic rings. The van der Waals surface area contributed by atoms with Crippen LogP contribution in [0.25, 0.3) is 0 Å². The monoisotopic (exact) mass is 307 g/mol. The first-order valence-electron chi connectivity index (χ1n) is 4.43. The molecule has 8 heteroatoms. The van der Waals surface area contributed by atoms with Gasteiger partial charge in [0.2, 0.25) is 5.82 Å². The second kappa shape index (κ2) is 5.58. The number of nitro benzene ring substituents is 1. The summed E-state index contributed by atoms with van der Waals surface area (Å²) in [6.45, 7) is 1.67. The smallest absolute Gasteiger partial charge is 0.434 e. The van der Waals surface area contributed by atoms with Crippen molar-refractivity contribution in [1.82, 2.24) is 0 Å². The lowest BCUT2D eigenvalue weighted by atomic mass is 10.3. The molecule has 0 amide bonds. The van der Waals surface area contributed by atoms with Crippen molar-refractivity contribution in [2.75, 3.05) is 6.61 Å². The van der Waals surface area contributed by atoms with Gasteiger partial charge in [-0.1, -0.05) is 0 Å². The summed E-state index contributed by atoms with van der Waals surface area (Å²) in [5.74, 6) is -1.21. The minimum Gasteiger partial charge on any atom is -0.434 e. The third kappa shape index (κ3) is 3.38. The summed E-state index contributed by atoms with van der Waals surface area (Å²) in [5.41, 5.74) is -0.785. The summed E-state index contributed by atoms with van der Waals surface area (Å²) in [6.07, 6.45) is -1.02. The summed E-state index contributed by atoms with van der Waals surface area (Å²) < 4.78 is 22.3. The van der Waals surface area contributed by atoms with Crippen LogP contribution in [-0.4, -0.2) is 17.7 Å². The molecule has 1 aromatic rings. The number of carbonyl (C=O) groups excluding carboxylic acids is 1. The molecule has 0 aliphatic heterocycles. The van der Waals surface area contributed by atoms with Gasteiger partial charge in [0, 0.05) is 0 Å². The maximum Gasteiger partial charge on any atom is 0.513 e. The first kappa shape index (κ1) is 13.4. The van der Waals surface area contributed by atoms with E-state index in [-0.39, 0.29) is 16.8 Å². The number of benzene rings is 1. The van der Waals surface area contributed by atoms with E-state index in [1.54, 1.807) is 6.92 Å². The molecule has 92 valence electrons. The van der Waals surface area contributed by atoms with Crippen molar-refractivity contribution >= 4 is 27.8 Å². The number of ether oxygens (including phenoxy) is 2. The molecule has 0 fully saturated rings. The van der Waals surface area contributed by atoms with Gasteiger partial charge in [-0.2, -0.15) is 4.39 Å². The molecule has 0 saturated heterocycles. The highest BCUT2D eigenvalue weighted by Crippen LogP contribution is 2.32. The second-order valence-corrected chi connectivity index (χ2v) is 3.63. The lowest BCUT2D eigenvalue weighted by Crippen LogP contribution is -2.10. The second-order valence-electron chi connectivity index (χ2n) is 2.78. The Labute approximate surface area is 104 Å². The van der Waals surface area contributed by atoms with Crippen LogP contribution in [-0.2, 0) is 4.74 Å². The van der Waals surface area contributed by atoms with Gasteiger partial charge in [-0.25, -0.2) is 4.79 Å². The van der Waals surface area contributed by atoms with E-state index in [1.165, 1.54) is 0 Å². The van der Waals surface area contributed by atoms with E-state index in [9.17, 15) is 19.3 Å². The van der Waals surface area contributed by atoms with Gasteiger partial charge in [-0.3, -0.25) is 10.1 Å². The average molecular weight is 308 g/mol. The molecule has 0 unspecified atom stereocenters. The highest BCUT2D eigenvalue weighted by molar-refractivity contribution is 9.10. The van der Waals surface area contributed by atoms with Gasteiger partial charge in [-0.05, 0) is 28.9 Å². The van der Waals surface area contributed by atoms with E-state index in [2.05, 4.69) is 25.4 Å². The van der Waals surface area contributed by atoms with Crippen molar-refractivity contribution in [3.63, 3.8) is 0 Å². The number of carbonyl (C=O) groups is 1. The fourth-order valence-corrected chi connectivity index (χ4v) is 1.37. The van der Waals surface area contributed by atoms with E-state index in [4.69, 9.17) is 0 Å². The van der Waals surface area contributed by atoms with E-state index in [0.29, 0.717) is 0 Å². The maximum atomic E-state index is 13.1. The molecule has 0 atom stereocenters. The van der Waals surface area contributed by atoms with Gasteiger partial charge in [0.05, 0.1) is 22.1 Å². The molecule has 6 nitrogen and oxygen atoms in total. The zero-order valence-electron chi connectivity index (χ0n) is 8.61. The summed E-state index contributed by atoms with van der Waals surface area (Å²) in [7, 11) is 0. The molecule has 17 heavy (non-hydrogen) atoms. The standard InChI is InChI=1S/C9H7BrFNO5/c1-2-16-9(13)17-8-4-7(12(14)15)6(11)3-5(8)10/h3-4H,2H2,1H3. The predicted molar refractivity (Wildman–Crippen MR) is 58.4 cm³/mol. The average Bonchev–Trinajstić information content (AvgIpc) is 2.21. The molecule has 0 radical (unpaired) electrons. The van der Waals surface area contributed by atoms with Crippen LogP contribution in [0, 0.1) is 15.9 Å². The Kier molecular flexibility index (Phi) is 4.38. The third-order valence-corrected chi connectivity index (χ3v) is 2.27. The Hall–Kier alpha value is -1.70. The third-order valence-electron chi connectivity index (χ3n) is 1.65. The fraction of sp³-hybridized carbons (Fsp3) is 0.222. The summed E-state index contributed by atoms with van der Waals surface area (Å²) >= 11 is 2.91. The van der Waals surface area contributed by atoms with Crippen molar-refractivity contribution in [3.8, 4) is 5.75 Å². The van der Waals surface area contributed by atoms with Crippen LogP contribution >= 0.6 is 15.9 Å². The van der Waals surface area contributed by atoms with Gasteiger partial charge in [0.1, 0.15) is 0 Å². The van der Waals surface area contributed by atoms with Crippen LogP contribution in [0.3, 0.4) is 0 Å². The van der Waals surface area contributed by atoms with Crippen LogP contribution in [0.2, 0.25) is 0 Å². The maximum absolute atomic E-state index is 13.1. The zero-order chi connectivity index (χ0) is 13.0. The number of hydrogen-bond acceptors (Lipinski definition) is 5. The Bertz CT molecular complexity index is 465. The molecule has 1 rings (SSSR count). The molecule has 0 spiro atoms. The van der Waals surface area contributed by atoms with Crippen molar-refractivity contribution in [1.29, 1.82) is 0 Å². The minimum absolute atomic E-state index is 0.0775. The zero-order valence-corrected chi connectivity index (χ0v) is 10.2.